The van der Waals surface area contributed by atoms with Crippen molar-refractivity contribution < 1.29 is 14.6 Å². The van der Waals surface area contributed by atoms with Crippen LogP contribution in [0.4, 0.5) is 0 Å². The summed E-state index contributed by atoms with van der Waals surface area (Å²) < 4.78 is 5.40. The van der Waals surface area contributed by atoms with Gasteiger partial charge in [0.1, 0.15) is 11.5 Å². The van der Waals surface area contributed by atoms with Crippen molar-refractivity contribution in [1.82, 2.24) is 10.3 Å². The molecule has 0 fully saturated rings. The first-order chi connectivity index (χ1) is 13.1. The zero-order chi connectivity index (χ0) is 19.1. The van der Waals surface area contributed by atoms with Crippen LogP contribution < -0.4 is 10.1 Å². The van der Waals surface area contributed by atoms with Gasteiger partial charge in [0.15, 0.2) is 0 Å². The summed E-state index contributed by atoms with van der Waals surface area (Å²) in [5, 5.41) is 15.3. The Labute approximate surface area is 162 Å². The molecule has 0 bridgehead atoms. The number of carbonyl (C=O) groups is 1. The van der Waals surface area contributed by atoms with Crippen molar-refractivity contribution in [3.05, 3.63) is 64.5 Å². The van der Waals surface area contributed by atoms with Crippen LogP contribution in [0.5, 0.6) is 11.5 Å². The molecule has 0 unspecified atom stereocenters. The minimum absolute atomic E-state index is 0.00512. The molecular formula is C21H22N2O3S. The van der Waals surface area contributed by atoms with E-state index in [4.69, 9.17) is 4.74 Å². The maximum absolute atomic E-state index is 12.1. The first-order valence-electron chi connectivity index (χ1n) is 8.86. The lowest BCUT2D eigenvalue weighted by atomic mass is 10.1. The van der Waals surface area contributed by atoms with Crippen molar-refractivity contribution in [3.63, 3.8) is 0 Å². The molecule has 2 aromatic carbocycles. The number of hydrogen-bond donors (Lipinski definition) is 2. The summed E-state index contributed by atoms with van der Waals surface area (Å²) in [6.45, 7) is 3.13. The lowest BCUT2D eigenvalue weighted by Crippen LogP contribution is -2.27. The van der Waals surface area contributed by atoms with Crippen LogP contribution in [-0.4, -0.2) is 29.1 Å². The molecule has 0 radical (unpaired) electrons. The Morgan fingerprint density at radius 3 is 2.59 bits per heavy atom. The van der Waals surface area contributed by atoms with E-state index in [1.165, 1.54) is 0 Å². The van der Waals surface area contributed by atoms with E-state index in [1.807, 2.05) is 48.7 Å². The van der Waals surface area contributed by atoms with E-state index >= 15 is 0 Å². The molecule has 3 aromatic rings. The molecule has 0 saturated carbocycles. The average molecular weight is 382 g/mol. The zero-order valence-electron chi connectivity index (χ0n) is 15.1. The Hall–Kier alpha value is -2.86. The van der Waals surface area contributed by atoms with E-state index in [0.29, 0.717) is 26.0 Å². The second-order valence-corrected chi connectivity index (χ2v) is 6.97. The summed E-state index contributed by atoms with van der Waals surface area (Å²) in [4.78, 5) is 16.7. The Morgan fingerprint density at radius 1 is 1.15 bits per heavy atom. The molecule has 3 rings (SSSR count). The van der Waals surface area contributed by atoms with Crippen LogP contribution in [0, 0.1) is 0 Å². The molecule has 140 valence electrons. The highest BCUT2D eigenvalue weighted by atomic mass is 32.1. The highest BCUT2D eigenvalue weighted by Gasteiger charge is 2.07. The van der Waals surface area contributed by atoms with Crippen LogP contribution in [0.3, 0.4) is 0 Å². The lowest BCUT2D eigenvalue weighted by Gasteiger charge is -2.06. The van der Waals surface area contributed by atoms with Crippen molar-refractivity contribution in [2.24, 2.45) is 0 Å². The van der Waals surface area contributed by atoms with Gasteiger partial charge in [0.05, 0.1) is 23.7 Å². The third-order valence-electron chi connectivity index (χ3n) is 3.97. The average Bonchev–Trinajstić information content (AvgIpc) is 3.13. The molecule has 0 aliphatic rings. The highest BCUT2D eigenvalue weighted by molar-refractivity contribution is 7.09. The number of benzene rings is 2. The Balaban J connectivity index is 1.45. The molecule has 1 heterocycles. The first kappa shape index (κ1) is 18.9. The fraction of sp³-hybridized carbons (Fsp3) is 0.238. The number of amides is 1. The number of phenolic OH excluding ortho intramolecular Hbond substituents is 1. The quantitative estimate of drug-likeness (QED) is 0.621. The molecule has 5 nitrogen and oxygen atoms in total. The first-order valence-corrected chi connectivity index (χ1v) is 9.74. The van der Waals surface area contributed by atoms with Gasteiger partial charge in [0, 0.05) is 23.9 Å². The Bertz CT molecular complexity index is 873. The van der Waals surface area contributed by atoms with E-state index in [1.54, 1.807) is 23.5 Å². The molecule has 6 heteroatoms. The number of aromatic nitrogens is 1. The summed E-state index contributed by atoms with van der Waals surface area (Å²) in [7, 11) is 0. The van der Waals surface area contributed by atoms with Gasteiger partial charge in [-0.15, -0.1) is 11.3 Å². The second-order valence-electron chi connectivity index (χ2n) is 6.03. The lowest BCUT2D eigenvalue weighted by molar-refractivity contribution is -0.120. The fourth-order valence-electron chi connectivity index (χ4n) is 2.62. The maximum Gasteiger partial charge on any atom is 0.224 e. The Kier molecular flexibility index (Phi) is 6.44. The predicted molar refractivity (Wildman–Crippen MR) is 107 cm³/mol. The van der Waals surface area contributed by atoms with Gasteiger partial charge in [0.2, 0.25) is 5.91 Å². The van der Waals surface area contributed by atoms with Gasteiger partial charge in [-0.1, -0.05) is 12.1 Å². The number of nitrogens with one attached hydrogen (secondary N) is 1. The van der Waals surface area contributed by atoms with Crippen LogP contribution in [-0.2, 0) is 17.6 Å². The molecule has 0 saturated heterocycles. The smallest absolute Gasteiger partial charge is 0.224 e. The number of nitrogens with zero attached hydrogens (tertiary/aromatic N) is 1. The van der Waals surface area contributed by atoms with Crippen LogP contribution >= 0.6 is 11.3 Å². The SMILES string of the molecule is CCOc1ccc(CC(=O)NCCc2nc(-c3ccc(O)cc3)cs2)cc1. The molecule has 2 N–H and O–H groups in total. The van der Waals surface area contributed by atoms with Gasteiger partial charge < -0.3 is 15.2 Å². The van der Waals surface area contributed by atoms with Gasteiger partial charge in [0.25, 0.3) is 0 Å². The van der Waals surface area contributed by atoms with Gasteiger partial charge in [-0.3, -0.25) is 4.79 Å². The molecule has 1 amide bonds. The summed E-state index contributed by atoms with van der Waals surface area (Å²) in [6, 6.07) is 14.6. The largest absolute Gasteiger partial charge is 0.508 e. The maximum atomic E-state index is 12.1. The van der Waals surface area contributed by atoms with Crippen molar-refractivity contribution in [2.45, 2.75) is 19.8 Å². The standard InChI is InChI=1S/C21H22N2O3S/c1-2-26-18-9-3-15(4-10-18)13-20(25)22-12-11-21-23-19(14-27-21)16-5-7-17(24)8-6-16/h3-10,14,24H,2,11-13H2,1H3,(H,22,25). The number of rotatable bonds is 8. The fourth-order valence-corrected chi connectivity index (χ4v) is 3.42. The van der Waals surface area contributed by atoms with E-state index < -0.39 is 0 Å². The van der Waals surface area contributed by atoms with E-state index in [9.17, 15) is 9.90 Å². The minimum Gasteiger partial charge on any atom is -0.508 e. The molecule has 1 aromatic heterocycles. The monoisotopic (exact) mass is 382 g/mol. The minimum atomic E-state index is -0.00512. The molecule has 0 aliphatic carbocycles. The number of phenols is 1. The second kappa shape index (κ2) is 9.19. The number of carbonyl (C=O) groups excluding carboxylic acids is 1. The topological polar surface area (TPSA) is 71.5 Å². The van der Waals surface area contributed by atoms with Crippen LogP contribution in [0.15, 0.2) is 53.9 Å². The number of ether oxygens (including phenoxy) is 1. The van der Waals surface area contributed by atoms with Gasteiger partial charge in [-0.25, -0.2) is 4.98 Å². The van der Waals surface area contributed by atoms with Crippen LogP contribution in [0.2, 0.25) is 0 Å². The molecular weight excluding hydrogens is 360 g/mol. The molecule has 27 heavy (non-hydrogen) atoms. The molecule has 0 spiro atoms. The number of aromatic hydroxyl groups is 1. The van der Waals surface area contributed by atoms with E-state index in [2.05, 4.69) is 10.3 Å². The van der Waals surface area contributed by atoms with Crippen molar-refractivity contribution in [2.75, 3.05) is 13.2 Å². The van der Waals surface area contributed by atoms with Gasteiger partial charge in [-0.05, 0) is 48.9 Å². The van der Waals surface area contributed by atoms with Crippen molar-refractivity contribution >= 4 is 17.2 Å². The zero-order valence-corrected chi connectivity index (χ0v) is 16.0. The summed E-state index contributed by atoms with van der Waals surface area (Å²) >= 11 is 1.57. The third-order valence-corrected chi connectivity index (χ3v) is 4.88. The van der Waals surface area contributed by atoms with E-state index in [0.717, 1.165) is 27.6 Å². The van der Waals surface area contributed by atoms with Crippen LogP contribution in [0.1, 0.15) is 17.5 Å². The van der Waals surface area contributed by atoms with Gasteiger partial charge >= 0.3 is 0 Å². The van der Waals surface area contributed by atoms with Crippen molar-refractivity contribution in [1.29, 1.82) is 0 Å². The number of hydrogen-bond acceptors (Lipinski definition) is 5. The number of thiazole rings is 1. The van der Waals surface area contributed by atoms with Gasteiger partial charge in [-0.2, -0.15) is 0 Å². The third kappa shape index (κ3) is 5.56. The predicted octanol–water partition coefficient (Wildman–Crippen LogP) is 3.82. The Morgan fingerprint density at radius 2 is 1.89 bits per heavy atom. The van der Waals surface area contributed by atoms with Crippen molar-refractivity contribution in [3.8, 4) is 22.8 Å². The summed E-state index contributed by atoms with van der Waals surface area (Å²) in [5.41, 5.74) is 2.81. The summed E-state index contributed by atoms with van der Waals surface area (Å²) in [6.07, 6.45) is 1.04. The normalized spacial score (nSPS) is 10.6. The highest BCUT2D eigenvalue weighted by Crippen LogP contribution is 2.23. The van der Waals surface area contributed by atoms with Crippen LogP contribution in [0.25, 0.3) is 11.3 Å². The molecule has 0 aliphatic heterocycles. The van der Waals surface area contributed by atoms with E-state index in [-0.39, 0.29) is 11.7 Å². The molecule has 0 atom stereocenters. The summed E-state index contributed by atoms with van der Waals surface area (Å²) in [5.74, 6) is 1.05.